The molecule has 2 aromatic carbocycles. The number of anilines is 1. The molecule has 0 fully saturated rings. The Morgan fingerprint density at radius 2 is 1.96 bits per heavy atom. The largest absolute Gasteiger partial charge is 0.508 e. The van der Waals surface area contributed by atoms with Crippen LogP contribution in [0.25, 0.3) is 0 Å². The van der Waals surface area contributed by atoms with Crippen LogP contribution in [0.1, 0.15) is 47.8 Å². The number of hydrogen-bond donors (Lipinski definition) is 2. The molecule has 1 aliphatic rings. The number of carbonyl (C=O) groups excluding carboxylic acids is 1. The first kappa shape index (κ1) is 17.1. The third-order valence-corrected chi connectivity index (χ3v) is 4.53. The van der Waals surface area contributed by atoms with Crippen molar-refractivity contribution in [3.63, 3.8) is 0 Å². The summed E-state index contributed by atoms with van der Waals surface area (Å²) in [7, 11) is 1.63. The maximum atomic E-state index is 12.6. The fourth-order valence-electron chi connectivity index (χ4n) is 3.10. The second-order valence-electron chi connectivity index (χ2n) is 6.57. The van der Waals surface area contributed by atoms with Crippen LogP contribution in [-0.2, 0) is 6.42 Å². The number of hydrogen-bond acceptors (Lipinski definition) is 4. The Hall–Kier alpha value is -2.75. The van der Waals surface area contributed by atoms with Crippen molar-refractivity contribution in [1.82, 2.24) is 0 Å². The van der Waals surface area contributed by atoms with E-state index >= 15 is 0 Å². The molecule has 1 aliphatic heterocycles. The van der Waals surface area contributed by atoms with E-state index in [2.05, 4.69) is 11.4 Å². The molecule has 2 N–H and O–H groups in total. The first-order chi connectivity index (χ1) is 12.0. The van der Waals surface area contributed by atoms with Crippen molar-refractivity contribution in [2.45, 2.75) is 32.7 Å². The Bertz CT molecular complexity index is 818. The van der Waals surface area contributed by atoms with Crippen LogP contribution in [0.4, 0.5) is 5.69 Å². The summed E-state index contributed by atoms with van der Waals surface area (Å²) in [5, 5.41) is 13.8. The number of rotatable bonds is 4. The molecule has 4 nitrogen and oxygen atoms in total. The van der Waals surface area contributed by atoms with Gasteiger partial charge in [0.05, 0.1) is 18.8 Å². The van der Waals surface area contributed by atoms with Gasteiger partial charge in [0, 0.05) is 17.5 Å². The lowest BCUT2D eigenvalue weighted by Crippen LogP contribution is -2.24. The number of ether oxygens (including phenoxy) is 1. The van der Waals surface area contributed by atoms with Gasteiger partial charge in [0.2, 0.25) is 0 Å². The molecule has 0 spiro atoms. The van der Waals surface area contributed by atoms with Gasteiger partial charge >= 0.3 is 0 Å². The third kappa shape index (κ3) is 3.53. The lowest BCUT2D eigenvalue weighted by molar-refractivity contribution is 0.0972. The van der Waals surface area contributed by atoms with E-state index in [0.717, 1.165) is 22.6 Å². The van der Waals surface area contributed by atoms with Gasteiger partial charge in [-0.25, -0.2) is 0 Å². The topological polar surface area (TPSA) is 58.6 Å². The number of carbonyl (C=O) groups is 1. The van der Waals surface area contributed by atoms with Crippen molar-refractivity contribution in [3.05, 3.63) is 64.7 Å². The minimum atomic E-state index is -0.113. The molecule has 0 saturated carbocycles. The van der Waals surface area contributed by atoms with Crippen molar-refractivity contribution in [3.8, 4) is 11.5 Å². The SMILES string of the molecule is COc1ccc(C2CC(=O)c3ccc(O)c(CC=C(C)C)c3N2)cc1. The highest BCUT2D eigenvalue weighted by molar-refractivity contribution is 6.04. The zero-order valence-corrected chi connectivity index (χ0v) is 14.8. The summed E-state index contributed by atoms with van der Waals surface area (Å²) >= 11 is 0. The maximum absolute atomic E-state index is 12.6. The molecular formula is C21H23NO3. The van der Waals surface area contributed by atoms with Gasteiger partial charge in [0.25, 0.3) is 0 Å². The van der Waals surface area contributed by atoms with Crippen LogP contribution in [0.3, 0.4) is 0 Å². The summed E-state index contributed by atoms with van der Waals surface area (Å²) in [4.78, 5) is 12.6. The molecule has 0 aliphatic carbocycles. The van der Waals surface area contributed by atoms with Crippen molar-refractivity contribution < 1.29 is 14.6 Å². The molecule has 0 aromatic heterocycles. The van der Waals surface area contributed by atoms with E-state index in [9.17, 15) is 9.90 Å². The van der Waals surface area contributed by atoms with Gasteiger partial charge in [-0.15, -0.1) is 0 Å². The normalized spacial score (nSPS) is 16.0. The summed E-state index contributed by atoms with van der Waals surface area (Å²) in [6, 6.07) is 10.9. The third-order valence-electron chi connectivity index (χ3n) is 4.53. The Morgan fingerprint density at radius 3 is 2.60 bits per heavy atom. The van der Waals surface area contributed by atoms with E-state index in [4.69, 9.17) is 4.74 Å². The van der Waals surface area contributed by atoms with E-state index in [1.54, 1.807) is 19.2 Å². The number of phenolic OH excluding ortho intramolecular Hbond substituents is 1. The number of ketones is 1. The molecular weight excluding hydrogens is 314 g/mol. The Labute approximate surface area is 148 Å². The second-order valence-corrected chi connectivity index (χ2v) is 6.57. The summed E-state index contributed by atoms with van der Waals surface area (Å²) < 4.78 is 5.20. The van der Waals surface area contributed by atoms with Crippen LogP contribution >= 0.6 is 0 Å². The number of fused-ring (bicyclic) bond motifs is 1. The number of nitrogens with one attached hydrogen (secondary N) is 1. The number of aromatic hydroxyl groups is 1. The quantitative estimate of drug-likeness (QED) is 0.797. The number of allylic oxidation sites excluding steroid dienone is 2. The van der Waals surface area contributed by atoms with Gasteiger partial charge in [0.1, 0.15) is 11.5 Å². The maximum Gasteiger partial charge on any atom is 0.167 e. The standard InChI is InChI=1S/C21H23NO3/c1-13(2)4-9-16-19(23)11-10-17-20(24)12-18(22-21(16)17)14-5-7-15(25-3)8-6-14/h4-8,10-11,18,22-23H,9,12H2,1-3H3. The molecule has 130 valence electrons. The second kappa shape index (κ2) is 7.01. The number of methoxy groups -OCH3 is 1. The van der Waals surface area contributed by atoms with Gasteiger partial charge in [-0.2, -0.15) is 0 Å². The fraction of sp³-hybridized carbons (Fsp3) is 0.286. The van der Waals surface area contributed by atoms with Crippen molar-refractivity contribution in [2.75, 3.05) is 12.4 Å². The molecule has 2 aromatic rings. The molecule has 1 heterocycles. The van der Waals surface area contributed by atoms with E-state index in [0.29, 0.717) is 18.4 Å². The molecule has 4 heteroatoms. The van der Waals surface area contributed by atoms with E-state index in [1.165, 1.54) is 5.57 Å². The average Bonchev–Trinajstić information content (AvgIpc) is 2.60. The van der Waals surface area contributed by atoms with E-state index < -0.39 is 0 Å². The Balaban J connectivity index is 1.98. The van der Waals surface area contributed by atoms with Gasteiger partial charge in [-0.3, -0.25) is 4.79 Å². The fourth-order valence-corrected chi connectivity index (χ4v) is 3.10. The van der Waals surface area contributed by atoms with Gasteiger partial charge in [-0.05, 0) is 50.1 Å². The minimum absolute atomic E-state index is 0.0908. The molecule has 0 radical (unpaired) electrons. The molecule has 1 unspecified atom stereocenters. The summed E-state index contributed by atoms with van der Waals surface area (Å²) in [5.74, 6) is 1.09. The summed E-state index contributed by atoms with van der Waals surface area (Å²) in [5.41, 5.74) is 4.36. The zero-order valence-electron chi connectivity index (χ0n) is 14.8. The molecule has 1 atom stereocenters. The Morgan fingerprint density at radius 1 is 1.24 bits per heavy atom. The predicted molar refractivity (Wildman–Crippen MR) is 99.5 cm³/mol. The minimum Gasteiger partial charge on any atom is -0.508 e. The number of phenols is 1. The monoisotopic (exact) mass is 337 g/mol. The molecule has 0 saturated heterocycles. The first-order valence-electron chi connectivity index (χ1n) is 8.41. The van der Waals surface area contributed by atoms with E-state index in [-0.39, 0.29) is 17.6 Å². The van der Waals surface area contributed by atoms with E-state index in [1.807, 2.05) is 38.1 Å². The lowest BCUT2D eigenvalue weighted by Gasteiger charge is -2.29. The molecule has 0 amide bonds. The summed E-state index contributed by atoms with van der Waals surface area (Å²) in [6.07, 6.45) is 3.04. The van der Waals surface area contributed by atoms with Gasteiger partial charge < -0.3 is 15.2 Å². The first-order valence-corrected chi connectivity index (χ1v) is 8.41. The molecule has 25 heavy (non-hydrogen) atoms. The zero-order chi connectivity index (χ0) is 18.0. The van der Waals surface area contributed by atoms with Crippen molar-refractivity contribution >= 4 is 11.5 Å². The van der Waals surface area contributed by atoms with Crippen LogP contribution in [0, 0.1) is 0 Å². The predicted octanol–water partition coefficient (Wildman–Crippen LogP) is 4.65. The van der Waals surface area contributed by atoms with Crippen LogP contribution in [-0.4, -0.2) is 18.0 Å². The highest BCUT2D eigenvalue weighted by Crippen LogP contribution is 2.39. The van der Waals surface area contributed by atoms with Crippen LogP contribution in [0.2, 0.25) is 0 Å². The van der Waals surface area contributed by atoms with Gasteiger partial charge in [-0.1, -0.05) is 23.8 Å². The molecule has 0 bridgehead atoms. The Kier molecular flexibility index (Phi) is 4.79. The number of Topliss-reactive ketones (excluding diaryl/α,β-unsaturated/α-hetero) is 1. The van der Waals surface area contributed by atoms with Crippen molar-refractivity contribution in [2.24, 2.45) is 0 Å². The average molecular weight is 337 g/mol. The number of benzene rings is 2. The van der Waals surface area contributed by atoms with Crippen LogP contribution in [0.5, 0.6) is 11.5 Å². The van der Waals surface area contributed by atoms with Crippen LogP contribution in [0.15, 0.2) is 48.0 Å². The highest BCUT2D eigenvalue weighted by Gasteiger charge is 2.28. The van der Waals surface area contributed by atoms with Crippen LogP contribution < -0.4 is 10.1 Å². The highest BCUT2D eigenvalue weighted by atomic mass is 16.5. The lowest BCUT2D eigenvalue weighted by atomic mass is 9.89. The van der Waals surface area contributed by atoms with Crippen molar-refractivity contribution in [1.29, 1.82) is 0 Å². The smallest absolute Gasteiger partial charge is 0.167 e. The van der Waals surface area contributed by atoms with Gasteiger partial charge in [0.15, 0.2) is 5.78 Å². The molecule has 3 rings (SSSR count). The summed E-state index contributed by atoms with van der Waals surface area (Å²) in [6.45, 7) is 4.04.